The van der Waals surface area contributed by atoms with E-state index >= 15 is 0 Å². The molecule has 0 amide bonds. The number of hydrogen-bond donors (Lipinski definition) is 1. The highest BCUT2D eigenvalue weighted by atomic mass is 35.5. The van der Waals surface area contributed by atoms with Crippen LogP contribution in [0.5, 0.6) is 5.75 Å². The van der Waals surface area contributed by atoms with Crippen LogP contribution in [-0.2, 0) is 6.61 Å². The maximum absolute atomic E-state index is 10.7. The molecular formula is C11H10Cl2N4O3S. The number of ether oxygens (including phenoxy) is 1. The summed E-state index contributed by atoms with van der Waals surface area (Å²) < 4.78 is 9.34. The van der Waals surface area contributed by atoms with Crippen LogP contribution in [0.4, 0.5) is 10.7 Å². The van der Waals surface area contributed by atoms with Crippen LogP contribution in [0.2, 0.25) is 10.0 Å². The van der Waals surface area contributed by atoms with Crippen molar-refractivity contribution in [3.63, 3.8) is 0 Å². The molecule has 0 spiro atoms. The van der Waals surface area contributed by atoms with Crippen molar-refractivity contribution in [3.05, 3.63) is 38.0 Å². The number of nitro benzene ring substituents is 1. The number of non-ortho nitro benzene ring substituents is 1. The Morgan fingerprint density at radius 3 is 2.67 bits per heavy atom. The SMILES string of the molecule is CCNc1snnc1COc1c(Cl)cc([N+](=O)[O-])cc1Cl. The highest BCUT2D eigenvalue weighted by Crippen LogP contribution is 2.37. The number of nitrogens with one attached hydrogen (secondary N) is 1. The van der Waals surface area contributed by atoms with Crippen molar-refractivity contribution in [1.82, 2.24) is 9.59 Å². The number of hydrogen-bond acceptors (Lipinski definition) is 7. The van der Waals surface area contributed by atoms with Gasteiger partial charge >= 0.3 is 0 Å². The van der Waals surface area contributed by atoms with Crippen molar-refractivity contribution >= 4 is 45.4 Å². The van der Waals surface area contributed by atoms with E-state index in [9.17, 15) is 10.1 Å². The van der Waals surface area contributed by atoms with Gasteiger partial charge in [-0.25, -0.2) is 0 Å². The molecule has 0 radical (unpaired) electrons. The van der Waals surface area contributed by atoms with Gasteiger partial charge in [0.05, 0.1) is 15.0 Å². The van der Waals surface area contributed by atoms with E-state index in [1.807, 2.05) is 6.92 Å². The Bertz CT molecular complexity index is 642. The Labute approximate surface area is 134 Å². The lowest BCUT2D eigenvalue weighted by atomic mass is 10.3. The zero-order chi connectivity index (χ0) is 15.4. The molecule has 112 valence electrons. The van der Waals surface area contributed by atoms with Gasteiger partial charge in [-0.15, -0.1) is 5.10 Å². The first-order chi connectivity index (χ1) is 10.0. The lowest BCUT2D eigenvalue weighted by molar-refractivity contribution is -0.384. The molecule has 0 aliphatic heterocycles. The fraction of sp³-hybridized carbons (Fsp3) is 0.273. The molecule has 0 aliphatic rings. The molecule has 7 nitrogen and oxygen atoms in total. The Balaban J connectivity index is 2.16. The number of halogens is 2. The minimum Gasteiger partial charge on any atom is -0.484 e. The zero-order valence-corrected chi connectivity index (χ0v) is 13.1. The van der Waals surface area contributed by atoms with Crippen molar-refractivity contribution in [1.29, 1.82) is 0 Å². The molecular weight excluding hydrogens is 339 g/mol. The summed E-state index contributed by atoms with van der Waals surface area (Å²) in [5.41, 5.74) is 0.424. The Morgan fingerprint density at radius 2 is 2.10 bits per heavy atom. The molecule has 1 N–H and O–H groups in total. The lowest BCUT2D eigenvalue weighted by Crippen LogP contribution is -2.03. The third-order valence-corrected chi connectivity index (χ3v) is 3.73. The molecule has 1 aromatic heterocycles. The van der Waals surface area contributed by atoms with Gasteiger partial charge in [-0.1, -0.05) is 27.7 Å². The van der Waals surface area contributed by atoms with E-state index in [2.05, 4.69) is 14.9 Å². The quantitative estimate of drug-likeness (QED) is 0.631. The van der Waals surface area contributed by atoms with E-state index < -0.39 is 4.92 Å². The van der Waals surface area contributed by atoms with Gasteiger partial charge in [-0.2, -0.15) is 0 Å². The predicted molar refractivity (Wildman–Crippen MR) is 81.5 cm³/mol. The molecule has 1 heterocycles. The van der Waals surface area contributed by atoms with Gasteiger partial charge in [0.1, 0.15) is 17.3 Å². The van der Waals surface area contributed by atoms with Gasteiger partial charge in [0.25, 0.3) is 5.69 Å². The summed E-state index contributed by atoms with van der Waals surface area (Å²) in [6.07, 6.45) is 0. The van der Waals surface area contributed by atoms with Gasteiger partial charge in [0.15, 0.2) is 5.75 Å². The van der Waals surface area contributed by atoms with Crippen LogP contribution in [0.3, 0.4) is 0 Å². The fourth-order valence-corrected chi connectivity index (χ4v) is 2.75. The van der Waals surface area contributed by atoms with Gasteiger partial charge in [0, 0.05) is 30.2 Å². The molecule has 0 atom stereocenters. The van der Waals surface area contributed by atoms with Crippen molar-refractivity contribution in [2.45, 2.75) is 13.5 Å². The van der Waals surface area contributed by atoms with Crippen molar-refractivity contribution in [2.24, 2.45) is 0 Å². The standard InChI is InChI=1S/C11H10Cl2N4O3S/c1-2-14-11-9(15-16-21-11)5-20-10-7(12)3-6(17(18)19)4-8(10)13/h3-4,14H,2,5H2,1H3. The van der Waals surface area contributed by atoms with Crippen LogP contribution in [0, 0.1) is 10.1 Å². The zero-order valence-electron chi connectivity index (χ0n) is 10.8. The average Bonchev–Trinajstić information content (AvgIpc) is 2.85. The summed E-state index contributed by atoms with van der Waals surface area (Å²) in [6.45, 7) is 2.79. The third kappa shape index (κ3) is 3.72. The summed E-state index contributed by atoms with van der Waals surface area (Å²) in [7, 11) is 0. The molecule has 0 aliphatic carbocycles. The van der Waals surface area contributed by atoms with Crippen molar-refractivity contribution < 1.29 is 9.66 Å². The normalized spacial score (nSPS) is 10.4. The van der Waals surface area contributed by atoms with Crippen LogP contribution in [-0.4, -0.2) is 21.1 Å². The summed E-state index contributed by atoms with van der Waals surface area (Å²) in [4.78, 5) is 10.1. The van der Waals surface area contributed by atoms with Crippen LogP contribution in [0.25, 0.3) is 0 Å². The number of rotatable bonds is 6. The third-order valence-electron chi connectivity index (χ3n) is 2.44. The van der Waals surface area contributed by atoms with Gasteiger partial charge in [0.2, 0.25) is 0 Å². The lowest BCUT2D eigenvalue weighted by Gasteiger charge is -2.09. The van der Waals surface area contributed by atoms with E-state index in [-0.39, 0.29) is 28.1 Å². The number of nitrogens with zero attached hydrogens (tertiary/aromatic N) is 3. The average molecular weight is 349 g/mol. The monoisotopic (exact) mass is 348 g/mol. The molecule has 21 heavy (non-hydrogen) atoms. The highest BCUT2D eigenvalue weighted by Gasteiger charge is 2.17. The maximum Gasteiger partial charge on any atom is 0.272 e. The van der Waals surface area contributed by atoms with E-state index in [1.54, 1.807) is 0 Å². The summed E-state index contributed by atoms with van der Waals surface area (Å²) in [5, 5.41) is 18.7. The first-order valence-electron chi connectivity index (χ1n) is 5.84. The molecule has 10 heteroatoms. The van der Waals surface area contributed by atoms with E-state index in [0.717, 1.165) is 11.5 Å². The van der Waals surface area contributed by atoms with Gasteiger partial charge in [-0.3, -0.25) is 10.1 Å². The van der Waals surface area contributed by atoms with E-state index in [1.165, 1.54) is 23.7 Å². The molecule has 0 saturated heterocycles. The Hall–Kier alpha value is -1.64. The molecule has 2 aromatic rings. The number of nitro groups is 1. The van der Waals surface area contributed by atoms with E-state index in [0.29, 0.717) is 5.69 Å². The van der Waals surface area contributed by atoms with E-state index in [4.69, 9.17) is 27.9 Å². The summed E-state index contributed by atoms with van der Waals surface area (Å²) in [5.74, 6) is 0.180. The minimum atomic E-state index is -0.574. The Morgan fingerprint density at radius 1 is 1.43 bits per heavy atom. The number of benzene rings is 1. The van der Waals surface area contributed by atoms with Crippen molar-refractivity contribution in [2.75, 3.05) is 11.9 Å². The molecule has 0 fully saturated rings. The second kappa shape index (κ2) is 6.88. The predicted octanol–water partition coefficient (Wildman–Crippen LogP) is 3.76. The first-order valence-corrected chi connectivity index (χ1v) is 7.37. The van der Waals surface area contributed by atoms with Gasteiger partial charge < -0.3 is 10.1 Å². The fourth-order valence-electron chi connectivity index (χ4n) is 1.53. The first kappa shape index (κ1) is 15.7. The molecule has 0 bridgehead atoms. The smallest absolute Gasteiger partial charge is 0.272 e. The van der Waals surface area contributed by atoms with Crippen LogP contribution >= 0.6 is 34.7 Å². The molecule has 2 rings (SSSR count). The second-order valence-corrected chi connectivity index (χ2v) is 5.43. The summed E-state index contributed by atoms with van der Waals surface area (Å²) >= 11 is 13.1. The largest absolute Gasteiger partial charge is 0.484 e. The van der Waals surface area contributed by atoms with Crippen molar-refractivity contribution in [3.8, 4) is 5.75 Å². The number of aromatic nitrogens is 2. The van der Waals surface area contributed by atoms with Crippen LogP contribution in [0.15, 0.2) is 12.1 Å². The van der Waals surface area contributed by atoms with Gasteiger partial charge in [-0.05, 0) is 6.92 Å². The van der Waals surface area contributed by atoms with Crippen LogP contribution < -0.4 is 10.1 Å². The molecule has 0 saturated carbocycles. The van der Waals surface area contributed by atoms with Crippen LogP contribution in [0.1, 0.15) is 12.6 Å². The maximum atomic E-state index is 10.7. The highest BCUT2D eigenvalue weighted by molar-refractivity contribution is 7.10. The Kier molecular flexibility index (Phi) is 5.16. The molecule has 1 aromatic carbocycles. The number of anilines is 1. The topological polar surface area (TPSA) is 90.2 Å². The molecule has 0 unspecified atom stereocenters. The summed E-state index contributed by atoms with van der Waals surface area (Å²) in [6, 6.07) is 2.38. The second-order valence-electron chi connectivity index (χ2n) is 3.86. The minimum absolute atomic E-state index is 0.0717.